The summed E-state index contributed by atoms with van der Waals surface area (Å²) >= 11 is 0. The molecule has 0 saturated carbocycles. The predicted octanol–water partition coefficient (Wildman–Crippen LogP) is 1.94. The maximum Gasteiger partial charge on any atom is 0.247 e. The molecule has 0 unspecified atom stereocenters. The van der Waals surface area contributed by atoms with E-state index in [1.165, 1.54) is 5.56 Å². The molecule has 0 bridgehead atoms. The van der Waals surface area contributed by atoms with Crippen molar-refractivity contribution in [2.45, 2.75) is 19.8 Å². The average molecular weight is 217 g/mol. The van der Waals surface area contributed by atoms with E-state index < -0.39 is 0 Å². The van der Waals surface area contributed by atoms with Gasteiger partial charge in [-0.05, 0) is 37.1 Å². The quantitative estimate of drug-likeness (QED) is 0.849. The van der Waals surface area contributed by atoms with E-state index in [9.17, 15) is 0 Å². The van der Waals surface area contributed by atoms with Gasteiger partial charge < -0.3 is 10.2 Å². The molecule has 0 aliphatic rings. The number of rotatable bonds is 4. The van der Waals surface area contributed by atoms with Crippen molar-refractivity contribution in [1.29, 1.82) is 0 Å². The van der Waals surface area contributed by atoms with E-state index in [0.717, 1.165) is 24.9 Å². The molecule has 0 saturated heterocycles. The van der Waals surface area contributed by atoms with Crippen molar-refractivity contribution in [1.82, 2.24) is 10.2 Å². The molecule has 0 aliphatic heterocycles. The van der Waals surface area contributed by atoms with Crippen molar-refractivity contribution in [3.63, 3.8) is 0 Å². The van der Waals surface area contributed by atoms with Gasteiger partial charge in [0.1, 0.15) is 0 Å². The molecule has 4 nitrogen and oxygen atoms in total. The van der Waals surface area contributed by atoms with Crippen LogP contribution in [-0.4, -0.2) is 16.7 Å². The van der Waals surface area contributed by atoms with E-state index >= 15 is 0 Å². The molecule has 0 radical (unpaired) electrons. The molecule has 0 spiro atoms. The van der Waals surface area contributed by atoms with Crippen molar-refractivity contribution >= 4 is 0 Å². The smallest absolute Gasteiger partial charge is 0.247 e. The van der Waals surface area contributed by atoms with Crippen LogP contribution < -0.4 is 5.73 Å². The number of hydrogen-bond donors (Lipinski definition) is 1. The molecule has 1 aromatic carbocycles. The molecule has 0 atom stereocenters. The molecule has 4 heteroatoms. The summed E-state index contributed by atoms with van der Waals surface area (Å²) < 4.78 is 5.35. The first kappa shape index (κ1) is 10.8. The molecule has 0 amide bonds. The highest BCUT2D eigenvalue weighted by Crippen LogP contribution is 2.18. The Morgan fingerprint density at radius 3 is 2.50 bits per heavy atom. The summed E-state index contributed by atoms with van der Waals surface area (Å²) in [4.78, 5) is 0. The summed E-state index contributed by atoms with van der Waals surface area (Å²) in [7, 11) is 0. The third kappa shape index (κ3) is 2.46. The second-order valence-electron chi connectivity index (χ2n) is 3.72. The minimum absolute atomic E-state index is 0.572. The van der Waals surface area contributed by atoms with Gasteiger partial charge in [0.2, 0.25) is 11.8 Å². The lowest BCUT2D eigenvalue weighted by Crippen LogP contribution is -2.00. The van der Waals surface area contributed by atoms with Crippen molar-refractivity contribution in [2.24, 2.45) is 5.73 Å². The third-order valence-electron chi connectivity index (χ3n) is 2.40. The van der Waals surface area contributed by atoms with Crippen LogP contribution in [0.1, 0.15) is 17.9 Å². The maximum atomic E-state index is 5.47. The lowest BCUT2D eigenvalue weighted by molar-refractivity contribution is 0.533. The first-order valence-corrected chi connectivity index (χ1v) is 5.39. The minimum Gasteiger partial charge on any atom is -0.421 e. The van der Waals surface area contributed by atoms with Gasteiger partial charge in [-0.2, -0.15) is 0 Å². The van der Waals surface area contributed by atoms with Crippen LogP contribution in [0.25, 0.3) is 11.5 Å². The van der Waals surface area contributed by atoms with Crippen molar-refractivity contribution in [3.05, 3.63) is 35.7 Å². The molecule has 2 N–H and O–H groups in total. The van der Waals surface area contributed by atoms with Crippen LogP contribution in [0.5, 0.6) is 0 Å². The van der Waals surface area contributed by atoms with Crippen molar-refractivity contribution in [3.8, 4) is 11.5 Å². The second-order valence-corrected chi connectivity index (χ2v) is 3.72. The topological polar surface area (TPSA) is 64.9 Å². The standard InChI is InChI=1S/C12H15N3O/c1-9-14-15-12(16-9)11-6-4-10(5-7-11)3-2-8-13/h4-7H,2-3,8,13H2,1H3. The molecule has 16 heavy (non-hydrogen) atoms. The lowest BCUT2D eigenvalue weighted by Gasteiger charge is -2.00. The Balaban J connectivity index is 2.13. The molecule has 0 fully saturated rings. The molecule has 1 heterocycles. The highest BCUT2D eigenvalue weighted by atomic mass is 16.4. The molecular formula is C12H15N3O. The van der Waals surface area contributed by atoms with Crippen LogP contribution in [0.4, 0.5) is 0 Å². The molecule has 84 valence electrons. The van der Waals surface area contributed by atoms with Gasteiger partial charge in [0, 0.05) is 12.5 Å². The Morgan fingerprint density at radius 1 is 1.19 bits per heavy atom. The van der Waals surface area contributed by atoms with Crippen LogP contribution in [0, 0.1) is 6.92 Å². The summed E-state index contributed by atoms with van der Waals surface area (Å²) in [6.45, 7) is 2.51. The van der Waals surface area contributed by atoms with Gasteiger partial charge in [-0.3, -0.25) is 0 Å². The normalized spacial score (nSPS) is 10.6. The monoisotopic (exact) mass is 217 g/mol. The zero-order valence-electron chi connectivity index (χ0n) is 9.31. The van der Waals surface area contributed by atoms with E-state index in [-0.39, 0.29) is 0 Å². The number of benzene rings is 1. The Kier molecular flexibility index (Phi) is 3.31. The Bertz CT molecular complexity index is 448. The van der Waals surface area contributed by atoms with E-state index in [0.29, 0.717) is 11.8 Å². The Labute approximate surface area is 94.5 Å². The van der Waals surface area contributed by atoms with Crippen molar-refractivity contribution < 1.29 is 4.42 Å². The second kappa shape index (κ2) is 4.90. The summed E-state index contributed by atoms with van der Waals surface area (Å²) in [5, 5.41) is 7.77. The fourth-order valence-corrected chi connectivity index (χ4v) is 1.53. The number of hydrogen-bond acceptors (Lipinski definition) is 4. The molecule has 1 aromatic heterocycles. The number of aryl methyl sites for hydroxylation is 2. The summed E-state index contributed by atoms with van der Waals surface area (Å²) in [5.41, 5.74) is 7.71. The van der Waals surface area contributed by atoms with Crippen LogP contribution >= 0.6 is 0 Å². The van der Waals surface area contributed by atoms with Gasteiger partial charge in [-0.25, -0.2) is 0 Å². The molecule has 0 aliphatic carbocycles. The fraction of sp³-hybridized carbons (Fsp3) is 0.333. The lowest BCUT2D eigenvalue weighted by atomic mass is 10.1. The number of nitrogens with zero attached hydrogens (tertiary/aromatic N) is 2. The highest BCUT2D eigenvalue weighted by molar-refractivity contribution is 5.52. The largest absolute Gasteiger partial charge is 0.421 e. The van der Waals surface area contributed by atoms with Crippen LogP contribution in [0.3, 0.4) is 0 Å². The first-order chi connectivity index (χ1) is 7.79. The zero-order valence-corrected chi connectivity index (χ0v) is 9.31. The van der Waals surface area contributed by atoms with Gasteiger partial charge in [-0.1, -0.05) is 12.1 Å². The van der Waals surface area contributed by atoms with Crippen LogP contribution in [-0.2, 0) is 6.42 Å². The molecule has 2 rings (SSSR count). The number of aromatic nitrogens is 2. The van der Waals surface area contributed by atoms with Gasteiger partial charge in [-0.15, -0.1) is 10.2 Å². The van der Waals surface area contributed by atoms with E-state index in [1.54, 1.807) is 6.92 Å². The summed E-state index contributed by atoms with van der Waals surface area (Å²) in [5.74, 6) is 1.16. The summed E-state index contributed by atoms with van der Waals surface area (Å²) in [6, 6.07) is 8.15. The first-order valence-electron chi connectivity index (χ1n) is 5.39. The Morgan fingerprint density at radius 2 is 1.94 bits per heavy atom. The van der Waals surface area contributed by atoms with Gasteiger partial charge >= 0.3 is 0 Å². The molecule has 2 aromatic rings. The number of nitrogens with two attached hydrogens (primary N) is 1. The summed E-state index contributed by atoms with van der Waals surface area (Å²) in [6.07, 6.45) is 2.03. The zero-order chi connectivity index (χ0) is 11.4. The van der Waals surface area contributed by atoms with Crippen molar-refractivity contribution in [2.75, 3.05) is 6.54 Å². The van der Waals surface area contributed by atoms with E-state index in [1.807, 2.05) is 12.1 Å². The fourth-order valence-electron chi connectivity index (χ4n) is 1.53. The SMILES string of the molecule is Cc1nnc(-c2ccc(CCCN)cc2)o1. The average Bonchev–Trinajstić information content (AvgIpc) is 2.74. The van der Waals surface area contributed by atoms with E-state index in [4.69, 9.17) is 10.2 Å². The minimum atomic E-state index is 0.572. The van der Waals surface area contributed by atoms with Crippen LogP contribution in [0.2, 0.25) is 0 Å². The van der Waals surface area contributed by atoms with Gasteiger partial charge in [0.05, 0.1) is 0 Å². The van der Waals surface area contributed by atoms with Gasteiger partial charge in [0.25, 0.3) is 0 Å². The van der Waals surface area contributed by atoms with E-state index in [2.05, 4.69) is 22.3 Å². The third-order valence-corrected chi connectivity index (χ3v) is 2.40. The maximum absolute atomic E-state index is 5.47. The van der Waals surface area contributed by atoms with Crippen LogP contribution in [0.15, 0.2) is 28.7 Å². The predicted molar refractivity (Wildman–Crippen MR) is 61.8 cm³/mol. The molecular weight excluding hydrogens is 202 g/mol. The highest BCUT2D eigenvalue weighted by Gasteiger charge is 2.04. The van der Waals surface area contributed by atoms with Gasteiger partial charge in [0.15, 0.2) is 0 Å². The Hall–Kier alpha value is -1.68.